The zero-order chi connectivity index (χ0) is 23.2. The highest BCUT2D eigenvalue weighted by atomic mass is 16.5. The molecular formula is C25H28N4O4. The molecule has 1 saturated heterocycles. The van der Waals surface area contributed by atoms with E-state index in [4.69, 9.17) is 9.26 Å². The number of hydrogen-bond acceptors (Lipinski definition) is 6. The fourth-order valence-electron chi connectivity index (χ4n) is 3.59. The van der Waals surface area contributed by atoms with Crippen molar-refractivity contribution in [2.45, 2.75) is 19.8 Å². The molecule has 0 spiro atoms. The fourth-order valence-corrected chi connectivity index (χ4v) is 3.59. The summed E-state index contributed by atoms with van der Waals surface area (Å²) < 4.78 is 10.7. The van der Waals surface area contributed by atoms with Gasteiger partial charge < -0.3 is 19.1 Å². The van der Waals surface area contributed by atoms with Gasteiger partial charge in [-0.1, -0.05) is 35.0 Å². The summed E-state index contributed by atoms with van der Waals surface area (Å²) in [4.78, 5) is 33.0. The molecule has 3 aromatic rings. The van der Waals surface area contributed by atoms with E-state index < -0.39 is 0 Å². The molecule has 0 radical (unpaired) electrons. The smallest absolute Gasteiger partial charge is 0.257 e. The van der Waals surface area contributed by atoms with Gasteiger partial charge in [-0.3, -0.25) is 9.59 Å². The lowest BCUT2D eigenvalue weighted by Gasteiger charge is -2.26. The second kappa shape index (κ2) is 10.4. The number of likely N-dealkylation sites (N-methyl/N-ethyl adjacent to an activating group) is 1. The lowest BCUT2D eigenvalue weighted by Crippen LogP contribution is -2.40. The minimum atomic E-state index is -0.00518. The van der Waals surface area contributed by atoms with Crippen molar-refractivity contribution in [3.05, 3.63) is 71.0 Å². The van der Waals surface area contributed by atoms with E-state index in [1.165, 1.54) is 5.56 Å². The Morgan fingerprint density at radius 3 is 2.42 bits per heavy atom. The van der Waals surface area contributed by atoms with E-state index in [-0.39, 0.29) is 11.8 Å². The van der Waals surface area contributed by atoms with E-state index >= 15 is 0 Å². The van der Waals surface area contributed by atoms with E-state index in [0.29, 0.717) is 63.0 Å². The van der Waals surface area contributed by atoms with Crippen LogP contribution in [0, 0.1) is 6.92 Å². The van der Waals surface area contributed by atoms with Gasteiger partial charge in [-0.2, -0.15) is 4.98 Å². The van der Waals surface area contributed by atoms with E-state index in [1.54, 1.807) is 29.0 Å². The highest BCUT2D eigenvalue weighted by Crippen LogP contribution is 2.19. The predicted octanol–water partition coefficient (Wildman–Crippen LogP) is 2.76. The molecule has 0 unspecified atom stereocenters. The molecule has 0 atom stereocenters. The summed E-state index contributed by atoms with van der Waals surface area (Å²) in [6.45, 7) is 4.88. The van der Waals surface area contributed by atoms with Gasteiger partial charge in [0.2, 0.25) is 5.91 Å². The molecule has 0 saturated carbocycles. The first-order valence-electron chi connectivity index (χ1n) is 11.1. The lowest BCUT2D eigenvalue weighted by atomic mass is 10.1. The second-order valence-corrected chi connectivity index (χ2v) is 8.23. The van der Waals surface area contributed by atoms with Gasteiger partial charge in [-0.05, 0) is 36.8 Å². The molecule has 1 aliphatic rings. The van der Waals surface area contributed by atoms with Gasteiger partial charge in [0.1, 0.15) is 0 Å². The molecule has 1 aliphatic heterocycles. The molecule has 172 valence electrons. The van der Waals surface area contributed by atoms with Crippen molar-refractivity contribution in [1.82, 2.24) is 19.9 Å². The molecule has 33 heavy (non-hydrogen) atoms. The molecule has 0 N–H and O–H groups in total. The first-order chi connectivity index (χ1) is 16.0. The predicted molar refractivity (Wildman–Crippen MR) is 123 cm³/mol. The van der Waals surface area contributed by atoms with E-state index in [9.17, 15) is 9.59 Å². The minimum Gasteiger partial charge on any atom is -0.378 e. The topological polar surface area (TPSA) is 88.8 Å². The van der Waals surface area contributed by atoms with Crippen LogP contribution >= 0.6 is 0 Å². The maximum absolute atomic E-state index is 12.6. The summed E-state index contributed by atoms with van der Waals surface area (Å²) in [5, 5.41) is 4.04. The molecule has 4 rings (SSSR count). The lowest BCUT2D eigenvalue weighted by molar-refractivity contribution is -0.129. The van der Waals surface area contributed by atoms with Crippen LogP contribution in [-0.2, 0) is 22.4 Å². The Morgan fingerprint density at radius 1 is 1.03 bits per heavy atom. The average molecular weight is 449 g/mol. The largest absolute Gasteiger partial charge is 0.378 e. The molecule has 1 fully saturated rings. The van der Waals surface area contributed by atoms with Gasteiger partial charge in [0.05, 0.1) is 19.6 Å². The molecule has 0 bridgehead atoms. The summed E-state index contributed by atoms with van der Waals surface area (Å²) in [7, 11) is 1.78. The molecule has 8 nitrogen and oxygen atoms in total. The van der Waals surface area contributed by atoms with Gasteiger partial charge in [-0.25, -0.2) is 0 Å². The van der Waals surface area contributed by atoms with Crippen molar-refractivity contribution in [3.63, 3.8) is 0 Å². The van der Waals surface area contributed by atoms with Crippen LogP contribution in [0.15, 0.2) is 53.1 Å². The zero-order valence-electron chi connectivity index (χ0n) is 19.0. The third-order valence-electron chi connectivity index (χ3n) is 5.72. The summed E-state index contributed by atoms with van der Waals surface area (Å²) in [6.07, 6.45) is 0.858. The van der Waals surface area contributed by atoms with Crippen LogP contribution in [0.5, 0.6) is 0 Å². The summed E-state index contributed by atoms with van der Waals surface area (Å²) >= 11 is 0. The first kappa shape index (κ1) is 22.7. The van der Waals surface area contributed by atoms with E-state index in [1.807, 2.05) is 43.3 Å². The molecule has 2 aromatic carbocycles. The Morgan fingerprint density at radius 2 is 1.73 bits per heavy atom. The molecule has 0 aliphatic carbocycles. The number of aryl methyl sites for hydroxylation is 1. The summed E-state index contributed by atoms with van der Waals surface area (Å²) in [6, 6.07) is 15.1. The number of rotatable bonds is 7. The zero-order valence-corrected chi connectivity index (χ0v) is 19.0. The number of carbonyl (C=O) groups is 2. The second-order valence-electron chi connectivity index (χ2n) is 8.23. The molecule has 1 aromatic heterocycles. The van der Waals surface area contributed by atoms with Gasteiger partial charge >= 0.3 is 0 Å². The Kier molecular flexibility index (Phi) is 7.14. The van der Waals surface area contributed by atoms with Crippen molar-refractivity contribution >= 4 is 11.8 Å². The van der Waals surface area contributed by atoms with Crippen LogP contribution in [0.2, 0.25) is 0 Å². The minimum absolute atomic E-state index is 0.00518. The van der Waals surface area contributed by atoms with Gasteiger partial charge in [0, 0.05) is 44.2 Å². The van der Waals surface area contributed by atoms with Gasteiger partial charge in [0.15, 0.2) is 5.82 Å². The maximum Gasteiger partial charge on any atom is 0.257 e. The van der Waals surface area contributed by atoms with Gasteiger partial charge in [0.25, 0.3) is 11.8 Å². The molecule has 2 amide bonds. The normalized spacial score (nSPS) is 13.7. The van der Waals surface area contributed by atoms with Crippen LogP contribution in [0.3, 0.4) is 0 Å². The van der Waals surface area contributed by atoms with Crippen molar-refractivity contribution < 1.29 is 18.8 Å². The van der Waals surface area contributed by atoms with Crippen molar-refractivity contribution in [2.24, 2.45) is 0 Å². The number of morpholine rings is 1. The first-order valence-corrected chi connectivity index (χ1v) is 11.1. The monoisotopic (exact) mass is 448 g/mol. The Bertz CT molecular complexity index is 1090. The fraction of sp³-hybridized carbons (Fsp3) is 0.360. The maximum atomic E-state index is 12.6. The average Bonchev–Trinajstić information content (AvgIpc) is 3.33. The third-order valence-corrected chi connectivity index (χ3v) is 5.72. The standard InChI is InChI=1S/C25H28N4O4/c1-18-3-5-19(6-4-18)17-23(30)28(2)12-11-22-26-24(33-27-22)20-7-9-21(10-8-20)25(31)29-13-15-32-16-14-29/h3-10H,11-17H2,1-2H3. The number of nitrogens with zero attached hydrogens (tertiary/aromatic N) is 4. The van der Waals surface area contributed by atoms with Crippen LogP contribution in [0.25, 0.3) is 11.5 Å². The number of ether oxygens (including phenoxy) is 1. The number of benzene rings is 2. The Labute approximate surface area is 193 Å². The quantitative estimate of drug-likeness (QED) is 0.552. The van der Waals surface area contributed by atoms with Gasteiger partial charge in [-0.15, -0.1) is 0 Å². The summed E-state index contributed by atoms with van der Waals surface area (Å²) in [5.41, 5.74) is 3.53. The van der Waals surface area contributed by atoms with E-state index in [0.717, 1.165) is 11.1 Å². The van der Waals surface area contributed by atoms with Crippen LogP contribution in [-0.4, -0.2) is 71.7 Å². The van der Waals surface area contributed by atoms with E-state index in [2.05, 4.69) is 10.1 Å². The number of aromatic nitrogens is 2. The number of hydrogen-bond donors (Lipinski definition) is 0. The Hall–Kier alpha value is -3.52. The summed E-state index contributed by atoms with van der Waals surface area (Å²) in [5.74, 6) is 0.968. The number of carbonyl (C=O) groups excluding carboxylic acids is 2. The highest BCUT2D eigenvalue weighted by Gasteiger charge is 2.19. The van der Waals surface area contributed by atoms with Crippen LogP contribution < -0.4 is 0 Å². The Balaban J connectivity index is 1.30. The third kappa shape index (κ3) is 5.84. The van der Waals surface area contributed by atoms with Crippen molar-refractivity contribution in [3.8, 4) is 11.5 Å². The highest BCUT2D eigenvalue weighted by molar-refractivity contribution is 5.94. The molecular weight excluding hydrogens is 420 g/mol. The molecule has 8 heteroatoms. The van der Waals surface area contributed by atoms with Crippen molar-refractivity contribution in [1.29, 1.82) is 0 Å². The SMILES string of the molecule is Cc1ccc(CC(=O)N(C)CCc2noc(-c3ccc(C(=O)N4CCOCC4)cc3)n2)cc1. The van der Waals surface area contributed by atoms with Crippen LogP contribution in [0.4, 0.5) is 0 Å². The van der Waals surface area contributed by atoms with Crippen LogP contribution in [0.1, 0.15) is 27.3 Å². The number of amides is 2. The van der Waals surface area contributed by atoms with Crippen molar-refractivity contribution in [2.75, 3.05) is 39.9 Å². The molecule has 2 heterocycles.